The van der Waals surface area contributed by atoms with E-state index in [9.17, 15) is 18.0 Å². The molecule has 0 aromatic carbocycles. The first-order chi connectivity index (χ1) is 8.25. The van der Waals surface area contributed by atoms with Gasteiger partial charge in [0.1, 0.15) is 6.54 Å². The van der Waals surface area contributed by atoms with Crippen molar-refractivity contribution in [2.75, 3.05) is 13.1 Å². The summed E-state index contributed by atoms with van der Waals surface area (Å²) in [5.41, 5.74) is 5.40. The van der Waals surface area contributed by atoms with Crippen molar-refractivity contribution in [3.05, 3.63) is 0 Å². The number of halogens is 3. The number of hydrogen-bond donors (Lipinski definition) is 1. The lowest BCUT2D eigenvalue weighted by atomic mass is 10.0. The summed E-state index contributed by atoms with van der Waals surface area (Å²) in [4.78, 5) is 12.9. The molecule has 1 unspecified atom stereocenters. The molecule has 18 heavy (non-hydrogen) atoms. The van der Waals surface area contributed by atoms with E-state index in [1.165, 1.54) is 0 Å². The maximum absolute atomic E-state index is 12.5. The molecule has 0 heterocycles. The minimum atomic E-state index is -4.36. The minimum absolute atomic E-state index is 0.0725. The van der Waals surface area contributed by atoms with Crippen molar-refractivity contribution in [2.24, 2.45) is 11.7 Å². The predicted octanol–water partition coefficient (Wildman–Crippen LogP) is 2.55. The van der Waals surface area contributed by atoms with E-state index in [1.54, 1.807) is 20.8 Å². The molecule has 0 aromatic heterocycles. The summed E-state index contributed by atoms with van der Waals surface area (Å²) >= 11 is 0. The fourth-order valence-corrected chi connectivity index (χ4v) is 1.84. The Balaban J connectivity index is 4.79. The number of carbonyl (C=O) groups is 1. The molecule has 0 radical (unpaired) electrons. The van der Waals surface area contributed by atoms with Gasteiger partial charge in [0.05, 0.1) is 0 Å². The largest absolute Gasteiger partial charge is 0.406 e. The Bertz CT molecular complexity index is 252. The van der Waals surface area contributed by atoms with Gasteiger partial charge >= 0.3 is 6.18 Å². The molecule has 6 heteroatoms. The number of hydrogen-bond acceptors (Lipinski definition) is 2. The van der Waals surface area contributed by atoms with Crippen LogP contribution in [0.2, 0.25) is 0 Å². The van der Waals surface area contributed by atoms with Gasteiger partial charge in [-0.1, -0.05) is 20.8 Å². The lowest BCUT2D eigenvalue weighted by Crippen LogP contribution is -2.46. The van der Waals surface area contributed by atoms with Gasteiger partial charge in [0.15, 0.2) is 0 Å². The molecule has 3 nitrogen and oxygen atoms in total. The van der Waals surface area contributed by atoms with Crippen LogP contribution in [0.1, 0.15) is 40.0 Å². The van der Waals surface area contributed by atoms with E-state index in [0.717, 1.165) is 4.90 Å². The fraction of sp³-hybridized carbons (Fsp3) is 0.917. The predicted molar refractivity (Wildman–Crippen MR) is 65.0 cm³/mol. The van der Waals surface area contributed by atoms with Crippen molar-refractivity contribution in [1.29, 1.82) is 0 Å². The molecule has 0 fully saturated rings. The second-order valence-electron chi connectivity index (χ2n) is 4.65. The number of nitrogens with two attached hydrogens (primary N) is 1. The monoisotopic (exact) mass is 268 g/mol. The summed E-state index contributed by atoms with van der Waals surface area (Å²) in [6.07, 6.45) is -3.24. The maximum Gasteiger partial charge on any atom is 0.406 e. The van der Waals surface area contributed by atoms with Crippen LogP contribution in [0.3, 0.4) is 0 Å². The number of nitrogens with zero attached hydrogens (tertiary/aromatic N) is 1. The minimum Gasteiger partial charge on any atom is -0.331 e. The van der Waals surface area contributed by atoms with Gasteiger partial charge in [-0.25, -0.2) is 0 Å². The molecule has 1 amide bonds. The average molecular weight is 268 g/mol. The van der Waals surface area contributed by atoms with Crippen LogP contribution in [0.25, 0.3) is 0 Å². The van der Waals surface area contributed by atoms with Crippen molar-refractivity contribution >= 4 is 5.91 Å². The average Bonchev–Trinajstić information content (AvgIpc) is 2.27. The zero-order valence-corrected chi connectivity index (χ0v) is 11.3. The Morgan fingerprint density at radius 3 is 2.11 bits per heavy atom. The van der Waals surface area contributed by atoms with Gasteiger partial charge in [-0.05, 0) is 25.3 Å². The lowest BCUT2D eigenvalue weighted by molar-refractivity contribution is -0.166. The first-order valence-corrected chi connectivity index (χ1v) is 6.31. The van der Waals surface area contributed by atoms with E-state index in [0.29, 0.717) is 19.4 Å². The molecule has 2 N–H and O–H groups in total. The lowest BCUT2D eigenvalue weighted by Gasteiger charge is -2.32. The van der Waals surface area contributed by atoms with E-state index < -0.39 is 18.6 Å². The van der Waals surface area contributed by atoms with E-state index >= 15 is 0 Å². The van der Waals surface area contributed by atoms with Crippen molar-refractivity contribution in [3.63, 3.8) is 0 Å². The standard InChI is InChI=1S/C12H23F3N2O/c1-4-10(5-2)17(8-12(13,14)15)11(18)6-9(3)7-16/h9-10H,4-8,16H2,1-3H3. The fourth-order valence-electron chi connectivity index (χ4n) is 1.84. The molecule has 0 aromatic rings. The number of rotatable bonds is 7. The molecule has 0 rings (SSSR count). The van der Waals surface area contributed by atoms with Crippen LogP contribution in [-0.4, -0.2) is 36.1 Å². The number of alkyl halides is 3. The van der Waals surface area contributed by atoms with Gasteiger partial charge in [-0.2, -0.15) is 13.2 Å². The second-order valence-corrected chi connectivity index (χ2v) is 4.65. The third-order valence-electron chi connectivity index (χ3n) is 2.98. The SMILES string of the molecule is CCC(CC)N(CC(F)(F)F)C(=O)CC(C)CN. The molecule has 0 saturated heterocycles. The highest BCUT2D eigenvalue weighted by Gasteiger charge is 2.35. The third kappa shape index (κ3) is 6.23. The molecule has 0 aliphatic rings. The molecule has 0 saturated carbocycles. The van der Waals surface area contributed by atoms with Crippen molar-refractivity contribution in [2.45, 2.75) is 52.3 Å². The molecule has 0 aliphatic carbocycles. The highest BCUT2D eigenvalue weighted by molar-refractivity contribution is 5.76. The summed E-state index contributed by atoms with van der Waals surface area (Å²) in [5.74, 6) is -0.554. The Hall–Kier alpha value is -0.780. The first-order valence-electron chi connectivity index (χ1n) is 6.31. The number of carbonyl (C=O) groups excluding carboxylic acids is 1. The topological polar surface area (TPSA) is 46.3 Å². The second kappa shape index (κ2) is 7.61. The van der Waals surface area contributed by atoms with Crippen molar-refractivity contribution in [1.82, 2.24) is 4.90 Å². The highest BCUT2D eigenvalue weighted by atomic mass is 19.4. The summed E-state index contributed by atoms with van der Waals surface area (Å²) in [7, 11) is 0. The summed E-state index contributed by atoms with van der Waals surface area (Å²) in [6, 6.07) is -0.357. The van der Waals surface area contributed by atoms with Crippen LogP contribution in [0, 0.1) is 5.92 Å². The normalized spacial score (nSPS) is 13.8. The van der Waals surface area contributed by atoms with E-state index in [1.807, 2.05) is 0 Å². The van der Waals surface area contributed by atoms with Gasteiger partial charge in [0, 0.05) is 12.5 Å². The molecule has 0 spiro atoms. The summed E-state index contributed by atoms with van der Waals surface area (Å²) in [6.45, 7) is 4.47. The third-order valence-corrected chi connectivity index (χ3v) is 2.98. The van der Waals surface area contributed by atoms with Crippen LogP contribution in [0.5, 0.6) is 0 Å². The molecular weight excluding hydrogens is 245 g/mol. The Morgan fingerprint density at radius 2 is 1.78 bits per heavy atom. The van der Waals surface area contributed by atoms with Crippen LogP contribution >= 0.6 is 0 Å². The Morgan fingerprint density at radius 1 is 1.28 bits per heavy atom. The van der Waals surface area contributed by atoms with Crippen molar-refractivity contribution < 1.29 is 18.0 Å². The van der Waals surface area contributed by atoms with E-state index in [-0.39, 0.29) is 18.4 Å². The Labute approximate surface area is 107 Å². The zero-order valence-electron chi connectivity index (χ0n) is 11.3. The molecule has 0 bridgehead atoms. The first kappa shape index (κ1) is 17.2. The van der Waals surface area contributed by atoms with Crippen LogP contribution in [-0.2, 0) is 4.79 Å². The summed E-state index contributed by atoms with van der Waals surface area (Å²) < 4.78 is 37.5. The van der Waals surface area contributed by atoms with Crippen molar-refractivity contribution in [3.8, 4) is 0 Å². The summed E-state index contributed by atoms with van der Waals surface area (Å²) in [5, 5.41) is 0. The highest BCUT2D eigenvalue weighted by Crippen LogP contribution is 2.21. The van der Waals surface area contributed by atoms with Gasteiger partial charge in [-0.3, -0.25) is 4.79 Å². The molecule has 1 atom stereocenters. The van der Waals surface area contributed by atoms with Gasteiger partial charge in [0.2, 0.25) is 5.91 Å². The quantitative estimate of drug-likeness (QED) is 0.771. The van der Waals surface area contributed by atoms with Gasteiger partial charge in [0.25, 0.3) is 0 Å². The van der Waals surface area contributed by atoms with Crippen LogP contribution in [0.15, 0.2) is 0 Å². The zero-order chi connectivity index (χ0) is 14.3. The Kier molecular flexibility index (Phi) is 7.28. The van der Waals surface area contributed by atoms with E-state index in [2.05, 4.69) is 0 Å². The van der Waals surface area contributed by atoms with Gasteiger partial charge in [-0.15, -0.1) is 0 Å². The molecular formula is C12H23F3N2O. The molecule has 108 valence electrons. The van der Waals surface area contributed by atoms with E-state index in [4.69, 9.17) is 5.73 Å². The van der Waals surface area contributed by atoms with Crippen LogP contribution in [0.4, 0.5) is 13.2 Å². The maximum atomic E-state index is 12.5. The van der Waals surface area contributed by atoms with Gasteiger partial charge < -0.3 is 10.6 Å². The molecule has 0 aliphatic heterocycles. The smallest absolute Gasteiger partial charge is 0.331 e. The van der Waals surface area contributed by atoms with Crippen LogP contribution < -0.4 is 5.73 Å². The number of amides is 1.